The van der Waals surface area contributed by atoms with Crippen molar-refractivity contribution < 1.29 is 25.2 Å². The summed E-state index contributed by atoms with van der Waals surface area (Å²) in [4.78, 5) is 14.6. The minimum Gasteiger partial charge on any atom is -0.392 e. The van der Waals surface area contributed by atoms with Gasteiger partial charge in [0.05, 0.1) is 17.8 Å². The predicted octanol–water partition coefficient (Wildman–Crippen LogP) is 1.75. The molecule has 172 valence electrons. The maximum atomic E-state index is 12.7. The molecule has 3 saturated carbocycles. The molecule has 4 N–H and O–H groups in total. The summed E-state index contributed by atoms with van der Waals surface area (Å²) in [5, 5.41) is 44.2. The summed E-state index contributed by atoms with van der Waals surface area (Å²) in [6, 6.07) is -0.334. The Balaban J connectivity index is 0.00000124. The van der Waals surface area contributed by atoms with Crippen LogP contribution in [0.2, 0.25) is 0 Å². The largest absolute Gasteiger partial charge is 0.392 e. The van der Waals surface area contributed by atoms with Crippen LogP contribution in [-0.4, -0.2) is 75.2 Å². The van der Waals surface area contributed by atoms with Crippen LogP contribution in [0.1, 0.15) is 59.8 Å². The van der Waals surface area contributed by atoms with Crippen molar-refractivity contribution in [3.63, 3.8) is 0 Å². The molecule has 4 aliphatic carbocycles. The van der Waals surface area contributed by atoms with Crippen molar-refractivity contribution in [1.29, 1.82) is 0 Å². The Morgan fingerprint density at radius 2 is 1.73 bits per heavy atom. The fourth-order valence-electron chi connectivity index (χ4n) is 6.99. The Labute approximate surface area is 181 Å². The number of aliphatic hydroxyl groups is 4. The molecule has 0 amide bonds. The van der Waals surface area contributed by atoms with E-state index in [0.717, 1.165) is 6.42 Å². The number of likely N-dealkylation sites (N-methyl/N-ethyl adjacent to an activating group) is 1. The highest BCUT2D eigenvalue weighted by Gasteiger charge is 2.61. The SMILES string of the molecule is CC.CC1C(O)C2C=C3C(O)C(O)C(N(C)C)CC3(O)CCC2C2CCC(=O)C12C. The fourth-order valence-corrected chi connectivity index (χ4v) is 6.99. The van der Waals surface area contributed by atoms with Crippen LogP contribution in [-0.2, 0) is 4.79 Å². The minimum absolute atomic E-state index is 0.104. The average molecular weight is 424 g/mol. The summed E-state index contributed by atoms with van der Waals surface area (Å²) in [7, 11) is 3.69. The van der Waals surface area contributed by atoms with Gasteiger partial charge >= 0.3 is 0 Å². The number of hydrogen-bond acceptors (Lipinski definition) is 6. The molecular formula is C24H41NO5. The van der Waals surface area contributed by atoms with Gasteiger partial charge in [-0.1, -0.05) is 33.8 Å². The first-order valence-electron chi connectivity index (χ1n) is 11.7. The van der Waals surface area contributed by atoms with E-state index < -0.39 is 29.3 Å². The van der Waals surface area contributed by atoms with E-state index in [0.29, 0.717) is 31.3 Å². The Bertz CT molecular complexity index is 693. The van der Waals surface area contributed by atoms with Gasteiger partial charge in [-0.25, -0.2) is 0 Å². The van der Waals surface area contributed by atoms with E-state index in [2.05, 4.69) is 0 Å². The number of hydrogen-bond donors (Lipinski definition) is 4. The van der Waals surface area contributed by atoms with E-state index in [4.69, 9.17) is 0 Å². The van der Waals surface area contributed by atoms with Crippen LogP contribution < -0.4 is 0 Å². The molecule has 4 aliphatic rings. The maximum Gasteiger partial charge on any atom is 0.139 e. The molecule has 10 atom stereocenters. The highest BCUT2D eigenvalue weighted by molar-refractivity contribution is 5.87. The maximum absolute atomic E-state index is 12.7. The number of aliphatic hydroxyl groups excluding tert-OH is 3. The molecular weight excluding hydrogens is 382 g/mol. The van der Waals surface area contributed by atoms with E-state index in [1.165, 1.54) is 0 Å². The van der Waals surface area contributed by atoms with Gasteiger partial charge in [0.15, 0.2) is 0 Å². The Morgan fingerprint density at radius 3 is 2.33 bits per heavy atom. The molecule has 0 heterocycles. The highest BCUT2D eigenvalue weighted by atomic mass is 16.3. The summed E-state index contributed by atoms with van der Waals surface area (Å²) >= 11 is 0. The number of carbonyl (C=O) groups is 1. The van der Waals surface area contributed by atoms with E-state index in [-0.39, 0.29) is 35.5 Å². The van der Waals surface area contributed by atoms with Crippen molar-refractivity contribution in [2.75, 3.05) is 14.1 Å². The summed E-state index contributed by atoms with van der Waals surface area (Å²) in [5.41, 5.74) is -1.24. The Hall–Kier alpha value is -0.790. The lowest BCUT2D eigenvalue weighted by atomic mass is 9.53. The second-order valence-corrected chi connectivity index (χ2v) is 10.2. The number of fused-ring (bicyclic) bond motifs is 4. The first-order chi connectivity index (χ1) is 14.0. The monoisotopic (exact) mass is 423 g/mol. The second-order valence-electron chi connectivity index (χ2n) is 10.2. The lowest BCUT2D eigenvalue weighted by molar-refractivity contribution is -0.145. The van der Waals surface area contributed by atoms with E-state index in [1.807, 2.05) is 52.8 Å². The van der Waals surface area contributed by atoms with Gasteiger partial charge in [0.25, 0.3) is 0 Å². The van der Waals surface area contributed by atoms with Gasteiger partial charge in [0.1, 0.15) is 11.9 Å². The Morgan fingerprint density at radius 1 is 1.10 bits per heavy atom. The third-order valence-electron chi connectivity index (χ3n) is 8.96. The van der Waals surface area contributed by atoms with Crippen LogP contribution >= 0.6 is 0 Å². The lowest BCUT2D eigenvalue weighted by Gasteiger charge is -2.51. The third kappa shape index (κ3) is 3.30. The molecule has 10 unspecified atom stereocenters. The summed E-state index contributed by atoms with van der Waals surface area (Å²) in [6.07, 6.45) is 1.99. The Kier molecular flexibility index (Phi) is 6.59. The van der Waals surface area contributed by atoms with Crippen molar-refractivity contribution >= 4 is 5.78 Å². The highest BCUT2D eigenvalue weighted by Crippen LogP contribution is 2.60. The van der Waals surface area contributed by atoms with Crippen LogP contribution in [0.5, 0.6) is 0 Å². The zero-order valence-electron chi connectivity index (χ0n) is 19.4. The van der Waals surface area contributed by atoms with Crippen molar-refractivity contribution in [3.8, 4) is 0 Å². The van der Waals surface area contributed by atoms with E-state index in [1.54, 1.807) is 0 Å². The van der Waals surface area contributed by atoms with Gasteiger partial charge in [0.2, 0.25) is 0 Å². The van der Waals surface area contributed by atoms with Gasteiger partial charge in [-0.05, 0) is 63.1 Å². The summed E-state index contributed by atoms with van der Waals surface area (Å²) in [6.45, 7) is 7.97. The number of ketones is 1. The third-order valence-corrected chi connectivity index (χ3v) is 8.96. The zero-order valence-corrected chi connectivity index (χ0v) is 19.4. The fraction of sp³-hybridized carbons (Fsp3) is 0.875. The van der Waals surface area contributed by atoms with Crippen LogP contribution in [0, 0.1) is 29.1 Å². The second kappa shape index (κ2) is 8.28. The topological polar surface area (TPSA) is 101 Å². The quantitative estimate of drug-likeness (QED) is 0.480. The molecule has 6 nitrogen and oxygen atoms in total. The number of carbonyl (C=O) groups excluding carboxylic acids is 1. The molecule has 0 aromatic rings. The molecule has 0 aromatic carbocycles. The van der Waals surface area contributed by atoms with Gasteiger partial charge < -0.3 is 25.3 Å². The van der Waals surface area contributed by atoms with Crippen molar-refractivity contribution in [1.82, 2.24) is 4.90 Å². The van der Waals surface area contributed by atoms with Gasteiger partial charge in [0, 0.05) is 23.8 Å². The minimum atomic E-state index is -1.19. The molecule has 0 aliphatic heterocycles. The number of Topliss-reactive ketones (excluding diaryl/α,β-unsaturated/α-hetero) is 1. The molecule has 4 rings (SSSR count). The van der Waals surface area contributed by atoms with Crippen LogP contribution in [0.25, 0.3) is 0 Å². The summed E-state index contributed by atoms with van der Waals surface area (Å²) < 4.78 is 0. The first kappa shape index (κ1) is 23.9. The predicted molar refractivity (Wildman–Crippen MR) is 116 cm³/mol. The molecule has 3 fully saturated rings. The zero-order chi connectivity index (χ0) is 22.6. The van der Waals surface area contributed by atoms with Crippen LogP contribution in [0.3, 0.4) is 0 Å². The molecule has 0 saturated heterocycles. The first-order valence-corrected chi connectivity index (χ1v) is 11.7. The molecule has 30 heavy (non-hydrogen) atoms. The number of rotatable bonds is 1. The van der Waals surface area contributed by atoms with Crippen molar-refractivity contribution in [2.45, 2.75) is 89.8 Å². The van der Waals surface area contributed by atoms with Gasteiger partial charge in [-0.15, -0.1) is 0 Å². The molecule has 6 heteroatoms. The van der Waals surface area contributed by atoms with Gasteiger partial charge in [-0.3, -0.25) is 4.79 Å². The van der Waals surface area contributed by atoms with E-state index in [9.17, 15) is 25.2 Å². The van der Waals surface area contributed by atoms with Crippen molar-refractivity contribution in [3.05, 3.63) is 11.6 Å². The molecule has 0 spiro atoms. The lowest BCUT2D eigenvalue weighted by Crippen LogP contribution is -2.58. The average Bonchev–Trinajstić information content (AvgIpc) is 2.92. The van der Waals surface area contributed by atoms with E-state index >= 15 is 0 Å². The summed E-state index contributed by atoms with van der Waals surface area (Å²) in [5.74, 6) is 0.166. The van der Waals surface area contributed by atoms with Crippen LogP contribution in [0.4, 0.5) is 0 Å². The van der Waals surface area contributed by atoms with Gasteiger partial charge in [-0.2, -0.15) is 0 Å². The van der Waals surface area contributed by atoms with Crippen molar-refractivity contribution in [2.24, 2.45) is 29.1 Å². The standard InChI is InChI=1S/C22H35NO5.C2H6/c1-11-18(25)13-9-15-19(26)20(27)16(23(3)4)10-22(15,28)8-7-12(13)14-5-6-17(24)21(11,14)2;1-2/h9,11-14,16,18-20,25-28H,5-8,10H2,1-4H3;1-2H3. The molecule has 0 aromatic heterocycles. The normalized spacial score (nSPS) is 50.5. The molecule has 0 radical (unpaired) electrons. The number of nitrogens with zero attached hydrogens (tertiary/aromatic N) is 1. The molecule has 0 bridgehead atoms. The smallest absolute Gasteiger partial charge is 0.139 e. The van der Waals surface area contributed by atoms with Crippen LogP contribution in [0.15, 0.2) is 11.6 Å².